The highest BCUT2D eigenvalue weighted by Gasteiger charge is 2.02. The van der Waals surface area contributed by atoms with Crippen LogP contribution in [0.1, 0.15) is 11.4 Å². The van der Waals surface area contributed by atoms with Crippen molar-refractivity contribution in [1.29, 1.82) is 0 Å². The largest absolute Gasteiger partial charge is 0.314 e. The van der Waals surface area contributed by atoms with E-state index >= 15 is 0 Å². The van der Waals surface area contributed by atoms with Gasteiger partial charge in [0.2, 0.25) is 0 Å². The Kier molecular flexibility index (Phi) is 4.71. The van der Waals surface area contributed by atoms with Crippen molar-refractivity contribution < 1.29 is 0 Å². The molecule has 0 radical (unpaired) electrons. The minimum Gasteiger partial charge on any atom is -0.314 e. The fourth-order valence-electron chi connectivity index (χ4n) is 1.70. The smallest absolute Gasteiger partial charge is 0.0556 e. The molecule has 1 aromatic rings. The van der Waals surface area contributed by atoms with Crippen LogP contribution in [0.15, 0.2) is 16.6 Å². The number of pyridine rings is 1. The lowest BCUT2D eigenvalue weighted by atomic mass is 10.3. The summed E-state index contributed by atoms with van der Waals surface area (Å²) in [5.74, 6) is 0. The topological polar surface area (TPSA) is 49.0 Å². The third kappa shape index (κ3) is 3.83. The maximum atomic E-state index is 4.59. The quantitative estimate of drug-likeness (QED) is 0.654. The van der Waals surface area contributed by atoms with Crippen molar-refractivity contribution in [3.63, 3.8) is 0 Å². The van der Waals surface area contributed by atoms with E-state index in [2.05, 4.69) is 49.0 Å². The first-order valence-electron chi connectivity index (χ1n) is 5.62. The average molecular weight is 285 g/mol. The van der Waals surface area contributed by atoms with Crippen molar-refractivity contribution in [3.05, 3.63) is 28.0 Å². The maximum Gasteiger partial charge on any atom is 0.0556 e. The molecule has 3 N–H and O–H groups in total. The van der Waals surface area contributed by atoms with Gasteiger partial charge in [0.1, 0.15) is 0 Å². The molecule has 2 heterocycles. The van der Waals surface area contributed by atoms with Crippen LogP contribution in [0.2, 0.25) is 0 Å². The Morgan fingerprint density at radius 1 is 0.875 bits per heavy atom. The Balaban J connectivity index is 2.08. The Morgan fingerprint density at radius 3 is 1.94 bits per heavy atom. The van der Waals surface area contributed by atoms with Gasteiger partial charge in [0.25, 0.3) is 0 Å². The Morgan fingerprint density at radius 2 is 1.38 bits per heavy atom. The van der Waals surface area contributed by atoms with Crippen LogP contribution in [0.25, 0.3) is 0 Å². The van der Waals surface area contributed by atoms with Crippen LogP contribution in [0, 0.1) is 0 Å². The third-order valence-electron chi connectivity index (χ3n) is 2.47. The summed E-state index contributed by atoms with van der Waals surface area (Å²) in [5.41, 5.74) is 2.18. The first-order valence-corrected chi connectivity index (χ1v) is 6.41. The van der Waals surface area contributed by atoms with Crippen LogP contribution in [-0.4, -0.2) is 31.2 Å². The van der Waals surface area contributed by atoms with Gasteiger partial charge >= 0.3 is 0 Å². The minimum atomic E-state index is 0.827. The normalized spacial score (nSPS) is 18.6. The number of nitrogens with zero attached hydrogens (tertiary/aromatic N) is 1. The second kappa shape index (κ2) is 6.30. The van der Waals surface area contributed by atoms with Crippen molar-refractivity contribution in [1.82, 2.24) is 20.9 Å². The number of halogens is 1. The van der Waals surface area contributed by atoms with Crippen molar-refractivity contribution in [2.45, 2.75) is 13.1 Å². The zero-order valence-corrected chi connectivity index (χ0v) is 10.8. The summed E-state index contributed by atoms with van der Waals surface area (Å²) in [6, 6.07) is 4.13. The van der Waals surface area contributed by atoms with Gasteiger partial charge in [-0.3, -0.25) is 4.98 Å². The highest BCUT2D eigenvalue weighted by molar-refractivity contribution is 9.10. The summed E-state index contributed by atoms with van der Waals surface area (Å²) in [4.78, 5) is 4.59. The van der Waals surface area contributed by atoms with E-state index in [1.165, 1.54) is 0 Å². The van der Waals surface area contributed by atoms with Gasteiger partial charge in [0.05, 0.1) is 11.4 Å². The summed E-state index contributed by atoms with van der Waals surface area (Å²) >= 11 is 3.52. The van der Waals surface area contributed by atoms with Gasteiger partial charge in [0.15, 0.2) is 0 Å². The molecule has 1 aliphatic heterocycles. The number of nitrogens with one attached hydrogen (secondary N) is 3. The maximum absolute atomic E-state index is 4.59. The molecule has 2 bridgehead atoms. The summed E-state index contributed by atoms with van der Waals surface area (Å²) < 4.78 is 1.10. The monoisotopic (exact) mass is 284 g/mol. The number of hydrogen-bond acceptors (Lipinski definition) is 4. The lowest BCUT2D eigenvalue weighted by Crippen LogP contribution is -2.33. The van der Waals surface area contributed by atoms with E-state index in [0.29, 0.717) is 0 Å². The van der Waals surface area contributed by atoms with E-state index in [-0.39, 0.29) is 0 Å². The Hall–Kier alpha value is -0.490. The Bertz CT molecular complexity index is 315. The summed E-state index contributed by atoms with van der Waals surface area (Å²) in [6.45, 7) is 5.61. The molecule has 0 saturated carbocycles. The van der Waals surface area contributed by atoms with Crippen LogP contribution < -0.4 is 16.0 Å². The molecule has 0 amide bonds. The second-order valence-electron chi connectivity index (χ2n) is 3.87. The van der Waals surface area contributed by atoms with Crippen LogP contribution in [0.3, 0.4) is 0 Å². The van der Waals surface area contributed by atoms with Crippen LogP contribution in [0.4, 0.5) is 0 Å². The molecule has 0 aromatic carbocycles. The number of aromatic nitrogens is 1. The minimum absolute atomic E-state index is 0.827. The molecule has 0 unspecified atom stereocenters. The van der Waals surface area contributed by atoms with E-state index in [4.69, 9.17) is 0 Å². The SMILES string of the molecule is Brc1cc2nc(c1)CNCCNCCNC2. The summed E-state index contributed by atoms with van der Waals surface area (Å²) in [7, 11) is 0. The summed E-state index contributed by atoms with van der Waals surface area (Å²) in [6.07, 6.45) is 0. The highest BCUT2D eigenvalue weighted by atomic mass is 79.9. The van der Waals surface area contributed by atoms with Gasteiger partial charge in [-0.25, -0.2) is 0 Å². The molecule has 0 atom stereocenters. The number of hydrogen-bond donors (Lipinski definition) is 3. The summed E-state index contributed by atoms with van der Waals surface area (Å²) in [5, 5.41) is 10.1. The Labute approximate surface area is 104 Å². The molecule has 0 fully saturated rings. The molecular weight excluding hydrogens is 268 g/mol. The standard InChI is InChI=1S/C11H17BrN4/c12-9-5-10-7-14-3-1-13-2-4-15-8-11(6-9)16-10/h5-6,13-15H,1-4,7-8H2. The highest BCUT2D eigenvalue weighted by Crippen LogP contribution is 2.12. The van der Waals surface area contributed by atoms with E-state index in [0.717, 1.165) is 55.1 Å². The molecule has 0 aliphatic carbocycles. The fraction of sp³-hybridized carbons (Fsp3) is 0.545. The van der Waals surface area contributed by atoms with Crippen molar-refractivity contribution in [2.75, 3.05) is 26.2 Å². The first kappa shape index (κ1) is 12.0. The molecule has 1 aliphatic rings. The van der Waals surface area contributed by atoms with E-state index in [1.54, 1.807) is 0 Å². The predicted octanol–water partition coefficient (Wildman–Crippen LogP) is 0.626. The molecular formula is C11H17BrN4. The van der Waals surface area contributed by atoms with Crippen molar-refractivity contribution in [3.8, 4) is 0 Å². The van der Waals surface area contributed by atoms with Gasteiger partial charge in [0, 0.05) is 43.7 Å². The first-order chi connectivity index (χ1) is 7.84. The van der Waals surface area contributed by atoms with Crippen molar-refractivity contribution >= 4 is 15.9 Å². The fourth-order valence-corrected chi connectivity index (χ4v) is 2.23. The van der Waals surface area contributed by atoms with Crippen molar-refractivity contribution in [2.24, 2.45) is 0 Å². The third-order valence-corrected chi connectivity index (χ3v) is 2.92. The molecule has 4 nitrogen and oxygen atoms in total. The molecule has 1 aromatic heterocycles. The molecule has 5 heteroatoms. The predicted molar refractivity (Wildman–Crippen MR) is 68.2 cm³/mol. The lowest BCUT2D eigenvalue weighted by molar-refractivity contribution is 0.565. The van der Waals surface area contributed by atoms with Gasteiger partial charge in [-0.05, 0) is 12.1 Å². The number of rotatable bonds is 0. The second-order valence-corrected chi connectivity index (χ2v) is 4.79. The zero-order valence-electron chi connectivity index (χ0n) is 9.22. The molecule has 2 rings (SSSR count). The lowest BCUT2D eigenvalue weighted by Gasteiger charge is -2.11. The molecule has 0 saturated heterocycles. The van der Waals surface area contributed by atoms with E-state index < -0.39 is 0 Å². The molecule has 88 valence electrons. The molecule has 0 spiro atoms. The van der Waals surface area contributed by atoms with Crippen LogP contribution in [0.5, 0.6) is 0 Å². The van der Waals surface area contributed by atoms with Gasteiger partial charge in [-0.15, -0.1) is 0 Å². The van der Waals surface area contributed by atoms with Crippen LogP contribution >= 0.6 is 15.9 Å². The van der Waals surface area contributed by atoms with E-state index in [1.807, 2.05) is 0 Å². The number of fused-ring (bicyclic) bond motifs is 2. The van der Waals surface area contributed by atoms with E-state index in [9.17, 15) is 0 Å². The van der Waals surface area contributed by atoms with Gasteiger partial charge in [-0.2, -0.15) is 0 Å². The zero-order chi connectivity index (χ0) is 11.2. The van der Waals surface area contributed by atoms with Gasteiger partial charge < -0.3 is 16.0 Å². The van der Waals surface area contributed by atoms with Gasteiger partial charge in [-0.1, -0.05) is 15.9 Å². The molecule has 16 heavy (non-hydrogen) atoms. The average Bonchev–Trinajstić information content (AvgIpc) is 2.24. The van der Waals surface area contributed by atoms with Crippen LogP contribution in [-0.2, 0) is 13.1 Å².